The topological polar surface area (TPSA) is 26.3 Å². The third kappa shape index (κ3) is 4.71. The molecule has 1 rings (SSSR count). The van der Waals surface area contributed by atoms with E-state index in [1.807, 2.05) is 30.3 Å². The van der Waals surface area contributed by atoms with Crippen molar-refractivity contribution in [2.75, 3.05) is 5.75 Å². The van der Waals surface area contributed by atoms with Crippen LogP contribution in [0.3, 0.4) is 0 Å². The SMILES string of the molecule is CCCCSC(=O)C(C)Oc1ccccc1. The van der Waals surface area contributed by atoms with Crippen LogP contribution in [-0.4, -0.2) is 17.0 Å². The minimum absolute atomic E-state index is 0.109. The van der Waals surface area contributed by atoms with Gasteiger partial charge in [0.05, 0.1) is 0 Å². The van der Waals surface area contributed by atoms with Gasteiger partial charge in [0.25, 0.3) is 0 Å². The smallest absolute Gasteiger partial charge is 0.229 e. The summed E-state index contributed by atoms with van der Waals surface area (Å²) in [5.74, 6) is 1.64. The first-order chi connectivity index (χ1) is 7.74. The molecule has 0 radical (unpaired) electrons. The Morgan fingerprint density at radius 3 is 2.69 bits per heavy atom. The fourth-order valence-corrected chi connectivity index (χ4v) is 2.10. The second kappa shape index (κ2) is 7.34. The van der Waals surface area contributed by atoms with Gasteiger partial charge >= 0.3 is 0 Å². The fraction of sp³-hybridized carbons (Fsp3) is 0.462. The molecule has 0 amide bonds. The van der Waals surface area contributed by atoms with Crippen molar-refractivity contribution in [2.24, 2.45) is 0 Å². The van der Waals surface area contributed by atoms with E-state index in [-0.39, 0.29) is 11.2 Å². The number of hydrogen-bond donors (Lipinski definition) is 0. The van der Waals surface area contributed by atoms with Crippen molar-refractivity contribution in [2.45, 2.75) is 32.8 Å². The average Bonchev–Trinajstić information content (AvgIpc) is 2.30. The molecule has 1 atom stereocenters. The Balaban J connectivity index is 2.34. The number of thioether (sulfide) groups is 1. The lowest BCUT2D eigenvalue weighted by Crippen LogP contribution is -2.21. The van der Waals surface area contributed by atoms with Gasteiger partial charge in [-0.05, 0) is 25.5 Å². The zero-order chi connectivity index (χ0) is 11.8. The predicted molar refractivity (Wildman–Crippen MR) is 68.9 cm³/mol. The summed E-state index contributed by atoms with van der Waals surface area (Å²) in [6.45, 7) is 3.92. The van der Waals surface area contributed by atoms with Crippen LogP contribution in [0.4, 0.5) is 0 Å². The molecule has 0 saturated heterocycles. The molecule has 1 aromatic carbocycles. The van der Waals surface area contributed by atoms with Gasteiger partial charge in [0.2, 0.25) is 5.12 Å². The van der Waals surface area contributed by atoms with Gasteiger partial charge in [0.1, 0.15) is 5.75 Å². The molecule has 2 nitrogen and oxygen atoms in total. The molecule has 3 heteroatoms. The number of benzene rings is 1. The number of carbonyl (C=O) groups excluding carboxylic acids is 1. The maximum atomic E-state index is 11.7. The van der Waals surface area contributed by atoms with Crippen LogP contribution in [0, 0.1) is 0 Å². The zero-order valence-corrected chi connectivity index (χ0v) is 10.6. The number of unbranched alkanes of at least 4 members (excludes halogenated alkanes) is 1. The van der Waals surface area contributed by atoms with Crippen LogP contribution in [0.2, 0.25) is 0 Å². The van der Waals surface area contributed by atoms with Crippen LogP contribution in [0.1, 0.15) is 26.7 Å². The monoisotopic (exact) mass is 238 g/mol. The van der Waals surface area contributed by atoms with E-state index in [9.17, 15) is 4.79 Å². The molecular formula is C13H18O2S. The summed E-state index contributed by atoms with van der Waals surface area (Å²) in [6.07, 6.45) is 1.83. The Labute approximate surface area is 101 Å². The van der Waals surface area contributed by atoms with Crippen LogP contribution in [0.25, 0.3) is 0 Å². The van der Waals surface area contributed by atoms with Crippen molar-refractivity contribution < 1.29 is 9.53 Å². The lowest BCUT2D eigenvalue weighted by molar-refractivity contribution is -0.116. The molecule has 1 unspecified atom stereocenters. The molecular weight excluding hydrogens is 220 g/mol. The summed E-state index contributed by atoms with van der Waals surface area (Å²) in [7, 11) is 0. The number of ether oxygens (including phenoxy) is 1. The van der Waals surface area contributed by atoms with E-state index in [0.717, 1.165) is 24.3 Å². The zero-order valence-electron chi connectivity index (χ0n) is 9.81. The summed E-state index contributed by atoms with van der Waals surface area (Å²) < 4.78 is 5.54. The first-order valence-corrected chi connectivity index (χ1v) is 6.61. The number of hydrogen-bond acceptors (Lipinski definition) is 3. The highest BCUT2D eigenvalue weighted by Gasteiger charge is 2.14. The molecule has 0 aliphatic carbocycles. The highest BCUT2D eigenvalue weighted by Crippen LogP contribution is 2.15. The Kier molecular flexibility index (Phi) is 6.01. The summed E-state index contributed by atoms with van der Waals surface area (Å²) in [5, 5.41) is 0.109. The van der Waals surface area contributed by atoms with E-state index in [4.69, 9.17) is 4.74 Å². The van der Waals surface area contributed by atoms with Crippen molar-refractivity contribution in [3.63, 3.8) is 0 Å². The van der Waals surface area contributed by atoms with E-state index < -0.39 is 0 Å². The molecule has 0 N–H and O–H groups in total. The summed E-state index contributed by atoms with van der Waals surface area (Å²) in [5.41, 5.74) is 0. The number of rotatable bonds is 6. The van der Waals surface area contributed by atoms with Gasteiger partial charge in [-0.3, -0.25) is 4.79 Å². The largest absolute Gasteiger partial charge is 0.482 e. The van der Waals surface area contributed by atoms with Crippen LogP contribution in [0.5, 0.6) is 5.75 Å². The first kappa shape index (κ1) is 13.1. The second-order valence-corrected chi connectivity index (χ2v) is 4.69. The van der Waals surface area contributed by atoms with E-state index >= 15 is 0 Å². The number of carbonyl (C=O) groups is 1. The molecule has 1 aromatic rings. The van der Waals surface area contributed by atoms with E-state index in [0.29, 0.717) is 0 Å². The predicted octanol–water partition coefficient (Wildman–Crippen LogP) is 3.51. The minimum Gasteiger partial charge on any atom is -0.482 e. The van der Waals surface area contributed by atoms with E-state index in [2.05, 4.69) is 6.92 Å². The highest BCUT2D eigenvalue weighted by molar-refractivity contribution is 8.13. The lowest BCUT2D eigenvalue weighted by Gasteiger charge is -2.12. The first-order valence-electron chi connectivity index (χ1n) is 5.62. The van der Waals surface area contributed by atoms with Crippen LogP contribution in [0.15, 0.2) is 30.3 Å². The van der Waals surface area contributed by atoms with Crippen molar-refractivity contribution in [3.05, 3.63) is 30.3 Å². The molecule has 88 valence electrons. The van der Waals surface area contributed by atoms with Crippen molar-refractivity contribution in [3.8, 4) is 5.75 Å². The summed E-state index contributed by atoms with van der Waals surface area (Å²) in [6, 6.07) is 9.45. The molecule has 0 spiro atoms. The third-order valence-corrected chi connectivity index (χ3v) is 3.24. The molecule has 0 aliphatic rings. The maximum absolute atomic E-state index is 11.7. The maximum Gasteiger partial charge on any atom is 0.229 e. The Hall–Kier alpha value is -0.960. The molecule has 0 aromatic heterocycles. The quantitative estimate of drug-likeness (QED) is 0.709. The second-order valence-electron chi connectivity index (χ2n) is 3.59. The van der Waals surface area contributed by atoms with Gasteiger partial charge < -0.3 is 4.74 Å². The third-order valence-electron chi connectivity index (χ3n) is 2.13. The molecule has 0 aliphatic heterocycles. The molecule has 0 bridgehead atoms. The van der Waals surface area contributed by atoms with Crippen LogP contribution in [-0.2, 0) is 4.79 Å². The van der Waals surface area contributed by atoms with Gasteiger partial charge in [0, 0.05) is 5.75 Å². The summed E-state index contributed by atoms with van der Waals surface area (Å²) in [4.78, 5) is 11.7. The van der Waals surface area contributed by atoms with E-state index in [1.165, 1.54) is 11.8 Å². The molecule has 0 heterocycles. The van der Waals surface area contributed by atoms with Gasteiger partial charge in [-0.25, -0.2) is 0 Å². The van der Waals surface area contributed by atoms with Gasteiger partial charge in [-0.15, -0.1) is 0 Å². The fourth-order valence-electron chi connectivity index (χ4n) is 1.19. The van der Waals surface area contributed by atoms with Gasteiger partial charge in [0.15, 0.2) is 6.10 Å². The van der Waals surface area contributed by atoms with Crippen LogP contribution >= 0.6 is 11.8 Å². The normalized spacial score (nSPS) is 12.1. The number of para-hydroxylation sites is 1. The highest BCUT2D eigenvalue weighted by atomic mass is 32.2. The Morgan fingerprint density at radius 1 is 1.38 bits per heavy atom. The molecule has 16 heavy (non-hydrogen) atoms. The standard InChI is InChI=1S/C13H18O2S/c1-3-4-10-16-13(14)11(2)15-12-8-6-5-7-9-12/h5-9,11H,3-4,10H2,1-2H3. The molecule has 0 saturated carbocycles. The van der Waals surface area contributed by atoms with Gasteiger partial charge in [-0.2, -0.15) is 0 Å². The van der Waals surface area contributed by atoms with Gasteiger partial charge in [-0.1, -0.05) is 43.3 Å². The van der Waals surface area contributed by atoms with Crippen molar-refractivity contribution in [1.82, 2.24) is 0 Å². The van der Waals surface area contributed by atoms with E-state index in [1.54, 1.807) is 6.92 Å². The Bertz CT molecular complexity index is 311. The molecule has 0 fully saturated rings. The minimum atomic E-state index is -0.371. The average molecular weight is 238 g/mol. The Morgan fingerprint density at radius 2 is 2.06 bits per heavy atom. The van der Waals surface area contributed by atoms with Crippen molar-refractivity contribution in [1.29, 1.82) is 0 Å². The van der Waals surface area contributed by atoms with Crippen LogP contribution < -0.4 is 4.74 Å². The lowest BCUT2D eigenvalue weighted by atomic mass is 10.3. The van der Waals surface area contributed by atoms with Crippen molar-refractivity contribution >= 4 is 16.9 Å². The summed E-state index contributed by atoms with van der Waals surface area (Å²) >= 11 is 1.36.